The molecule has 0 amide bonds. The van der Waals surface area contributed by atoms with Crippen LogP contribution >= 0.6 is 24.0 Å². The largest absolute Gasteiger partial charge is 0.494 e. The van der Waals surface area contributed by atoms with E-state index in [1.54, 1.807) is 7.05 Å². The second kappa shape index (κ2) is 13.9. The molecule has 7 heteroatoms. The van der Waals surface area contributed by atoms with E-state index in [9.17, 15) is 4.79 Å². The number of esters is 1. The summed E-state index contributed by atoms with van der Waals surface area (Å²) in [4.78, 5) is 15.2. The standard InChI is InChI=1S/C17H27N3O3.HI/c1-4-23-15-10-6-5-9-14(15)13-20-17(18-2)19-12-8-7-11-16(21)22-3;/h5-6,9-10H,4,7-8,11-13H2,1-3H3,(H2,18,19,20);1H. The first kappa shape index (κ1) is 22.5. The van der Waals surface area contributed by atoms with Gasteiger partial charge in [-0.05, 0) is 25.8 Å². The molecule has 6 nitrogen and oxygen atoms in total. The van der Waals surface area contributed by atoms with E-state index in [-0.39, 0.29) is 29.9 Å². The molecule has 136 valence electrons. The number of halogens is 1. The minimum atomic E-state index is -0.167. The Labute approximate surface area is 161 Å². The first-order valence-electron chi connectivity index (χ1n) is 7.93. The lowest BCUT2D eigenvalue weighted by Gasteiger charge is -2.14. The minimum absolute atomic E-state index is 0. The molecular formula is C17H28IN3O3. The number of nitrogens with one attached hydrogen (secondary N) is 2. The predicted octanol–water partition coefficient (Wildman–Crippen LogP) is 2.71. The molecule has 0 aliphatic rings. The summed E-state index contributed by atoms with van der Waals surface area (Å²) in [6, 6.07) is 7.94. The van der Waals surface area contributed by atoms with E-state index in [1.165, 1.54) is 7.11 Å². The van der Waals surface area contributed by atoms with Crippen LogP contribution in [-0.2, 0) is 16.1 Å². The maximum Gasteiger partial charge on any atom is 0.305 e. The zero-order valence-corrected chi connectivity index (χ0v) is 17.0. The number of hydrogen-bond acceptors (Lipinski definition) is 4. The van der Waals surface area contributed by atoms with Crippen molar-refractivity contribution in [3.63, 3.8) is 0 Å². The van der Waals surface area contributed by atoms with Crippen molar-refractivity contribution in [2.24, 2.45) is 4.99 Å². The Morgan fingerprint density at radius 2 is 1.96 bits per heavy atom. The lowest BCUT2D eigenvalue weighted by atomic mass is 10.2. The number of benzene rings is 1. The van der Waals surface area contributed by atoms with Crippen LogP contribution in [0.15, 0.2) is 29.3 Å². The highest BCUT2D eigenvalue weighted by molar-refractivity contribution is 14.0. The molecule has 0 aliphatic carbocycles. The maximum absolute atomic E-state index is 11.0. The summed E-state index contributed by atoms with van der Waals surface area (Å²) < 4.78 is 10.2. The van der Waals surface area contributed by atoms with Gasteiger partial charge in [0.1, 0.15) is 5.75 Å². The Morgan fingerprint density at radius 1 is 1.21 bits per heavy atom. The number of aliphatic imine (C=N–C) groups is 1. The van der Waals surface area contributed by atoms with Crippen molar-refractivity contribution in [3.8, 4) is 5.75 Å². The highest BCUT2D eigenvalue weighted by atomic mass is 127. The molecule has 0 saturated heterocycles. The fraction of sp³-hybridized carbons (Fsp3) is 0.529. The van der Waals surface area contributed by atoms with Crippen molar-refractivity contribution in [1.82, 2.24) is 10.6 Å². The number of carbonyl (C=O) groups excluding carboxylic acids is 1. The van der Waals surface area contributed by atoms with Crippen molar-refractivity contribution in [3.05, 3.63) is 29.8 Å². The van der Waals surface area contributed by atoms with Gasteiger partial charge in [0.2, 0.25) is 0 Å². The van der Waals surface area contributed by atoms with Crippen molar-refractivity contribution < 1.29 is 14.3 Å². The number of rotatable bonds is 9. The third-order valence-electron chi connectivity index (χ3n) is 3.27. The molecule has 2 N–H and O–H groups in total. The fourth-order valence-corrected chi connectivity index (χ4v) is 2.05. The van der Waals surface area contributed by atoms with E-state index in [2.05, 4.69) is 20.4 Å². The Kier molecular flexibility index (Phi) is 13.0. The van der Waals surface area contributed by atoms with Crippen molar-refractivity contribution in [2.75, 3.05) is 27.3 Å². The van der Waals surface area contributed by atoms with Gasteiger partial charge in [-0.3, -0.25) is 9.79 Å². The SMILES string of the molecule is CCOc1ccccc1CNC(=NC)NCCCCC(=O)OC.I. The molecule has 0 spiro atoms. The highest BCUT2D eigenvalue weighted by Crippen LogP contribution is 2.17. The molecule has 1 aromatic rings. The van der Waals surface area contributed by atoms with Crippen LogP contribution < -0.4 is 15.4 Å². The van der Waals surface area contributed by atoms with Gasteiger partial charge in [0.15, 0.2) is 5.96 Å². The van der Waals surface area contributed by atoms with Crippen LogP contribution in [0.4, 0.5) is 0 Å². The zero-order chi connectivity index (χ0) is 16.9. The Balaban J connectivity index is 0.00000529. The average Bonchev–Trinajstić information content (AvgIpc) is 2.58. The van der Waals surface area contributed by atoms with E-state index < -0.39 is 0 Å². The van der Waals surface area contributed by atoms with E-state index in [0.29, 0.717) is 19.6 Å². The number of guanidine groups is 1. The van der Waals surface area contributed by atoms with Gasteiger partial charge >= 0.3 is 5.97 Å². The topological polar surface area (TPSA) is 72.0 Å². The molecule has 1 aromatic carbocycles. The van der Waals surface area contributed by atoms with Gasteiger partial charge in [-0.25, -0.2) is 0 Å². The lowest BCUT2D eigenvalue weighted by Crippen LogP contribution is -2.37. The summed E-state index contributed by atoms with van der Waals surface area (Å²) in [6.07, 6.45) is 2.13. The molecule has 0 radical (unpaired) electrons. The number of unbranched alkanes of at least 4 members (excludes halogenated alkanes) is 1. The monoisotopic (exact) mass is 449 g/mol. The first-order chi connectivity index (χ1) is 11.2. The predicted molar refractivity (Wildman–Crippen MR) is 107 cm³/mol. The maximum atomic E-state index is 11.0. The van der Waals surface area contributed by atoms with E-state index in [1.807, 2.05) is 31.2 Å². The Bertz CT molecular complexity index is 510. The number of methoxy groups -OCH3 is 1. The molecule has 0 fully saturated rings. The fourth-order valence-electron chi connectivity index (χ4n) is 2.05. The molecule has 0 atom stereocenters. The van der Waals surface area contributed by atoms with Gasteiger partial charge in [-0.15, -0.1) is 24.0 Å². The number of para-hydroxylation sites is 1. The van der Waals surface area contributed by atoms with Crippen LogP contribution in [0.2, 0.25) is 0 Å². The van der Waals surface area contributed by atoms with Gasteiger partial charge in [0.25, 0.3) is 0 Å². The number of ether oxygens (including phenoxy) is 2. The van der Waals surface area contributed by atoms with Crippen molar-refractivity contribution in [2.45, 2.75) is 32.7 Å². The molecule has 0 heterocycles. The first-order valence-corrected chi connectivity index (χ1v) is 7.93. The number of carbonyl (C=O) groups is 1. The summed E-state index contributed by atoms with van der Waals surface area (Å²) in [7, 11) is 3.14. The lowest BCUT2D eigenvalue weighted by molar-refractivity contribution is -0.140. The van der Waals surface area contributed by atoms with Gasteiger partial charge in [-0.1, -0.05) is 18.2 Å². The van der Waals surface area contributed by atoms with E-state index >= 15 is 0 Å². The van der Waals surface area contributed by atoms with E-state index in [0.717, 1.165) is 36.7 Å². The number of hydrogen-bond donors (Lipinski definition) is 2. The van der Waals surface area contributed by atoms with Crippen LogP contribution in [0.5, 0.6) is 5.75 Å². The normalized spacial score (nSPS) is 10.5. The average molecular weight is 449 g/mol. The van der Waals surface area contributed by atoms with Gasteiger partial charge in [0.05, 0.1) is 13.7 Å². The van der Waals surface area contributed by atoms with Crippen LogP contribution in [-0.4, -0.2) is 39.2 Å². The second-order valence-electron chi connectivity index (χ2n) is 4.93. The molecule has 0 unspecified atom stereocenters. The van der Waals surface area contributed by atoms with E-state index in [4.69, 9.17) is 4.74 Å². The summed E-state index contributed by atoms with van der Waals surface area (Å²) in [5.74, 6) is 1.45. The number of nitrogens with zero attached hydrogens (tertiary/aromatic N) is 1. The third-order valence-corrected chi connectivity index (χ3v) is 3.27. The van der Waals surface area contributed by atoms with Crippen molar-refractivity contribution >= 4 is 35.9 Å². The molecule has 24 heavy (non-hydrogen) atoms. The van der Waals surface area contributed by atoms with Crippen LogP contribution in [0, 0.1) is 0 Å². The van der Waals surface area contributed by atoms with Crippen molar-refractivity contribution in [1.29, 1.82) is 0 Å². The minimum Gasteiger partial charge on any atom is -0.494 e. The molecule has 0 bridgehead atoms. The Hall–Kier alpha value is -1.51. The quantitative estimate of drug-likeness (QED) is 0.200. The molecule has 0 aromatic heterocycles. The van der Waals surface area contributed by atoms with Gasteiger partial charge in [0, 0.05) is 32.1 Å². The molecule has 1 rings (SSSR count). The van der Waals surface area contributed by atoms with Crippen LogP contribution in [0.3, 0.4) is 0 Å². The Morgan fingerprint density at radius 3 is 2.62 bits per heavy atom. The highest BCUT2D eigenvalue weighted by Gasteiger charge is 2.04. The second-order valence-corrected chi connectivity index (χ2v) is 4.93. The smallest absolute Gasteiger partial charge is 0.305 e. The van der Waals surface area contributed by atoms with Gasteiger partial charge < -0.3 is 20.1 Å². The molecular weight excluding hydrogens is 421 g/mol. The summed E-state index contributed by atoms with van der Waals surface area (Å²) in [6.45, 7) is 4.00. The summed E-state index contributed by atoms with van der Waals surface area (Å²) in [5.41, 5.74) is 1.09. The third kappa shape index (κ3) is 8.95. The summed E-state index contributed by atoms with van der Waals surface area (Å²) in [5, 5.41) is 6.49. The van der Waals surface area contributed by atoms with Gasteiger partial charge in [-0.2, -0.15) is 0 Å². The molecule has 0 aliphatic heterocycles. The van der Waals surface area contributed by atoms with Crippen LogP contribution in [0.25, 0.3) is 0 Å². The molecule has 0 saturated carbocycles. The zero-order valence-electron chi connectivity index (χ0n) is 14.6. The summed E-state index contributed by atoms with van der Waals surface area (Å²) >= 11 is 0. The van der Waals surface area contributed by atoms with Crippen LogP contribution in [0.1, 0.15) is 31.7 Å².